The summed E-state index contributed by atoms with van der Waals surface area (Å²) in [4.78, 5) is 27.0. The normalized spacial score (nSPS) is 18.0. The number of carbonyl (C=O) groups excluding carboxylic acids is 2. The molecule has 0 aliphatic carbocycles. The predicted octanol–water partition coefficient (Wildman–Crippen LogP) is 4.98. The van der Waals surface area contributed by atoms with Crippen molar-refractivity contribution in [3.63, 3.8) is 0 Å². The lowest BCUT2D eigenvalue weighted by molar-refractivity contribution is -0.142. The predicted molar refractivity (Wildman–Crippen MR) is 159 cm³/mol. The molecule has 2 atom stereocenters. The Morgan fingerprint density at radius 2 is 1.83 bits per heavy atom. The molecule has 0 aromatic heterocycles. The number of para-hydroxylation sites is 1. The van der Waals surface area contributed by atoms with Gasteiger partial charge in [0.1, 0.15) is 23.9 Å². The second kappa shape index (κ2) is 13.7. The third-order valence-corrected chi connectivity index (χ3v) is 7.88. The number of esters is 1. The standard InChI is InChI=1S/C34H37FN2O5/c1-23(38)37-20-28-19-30(25-14-12-24(13-15-25)7-6-16-41-29-10-5-9-27(35)18-29)31(32(21-37)36-28)22-42-34(39)17-26-8-3-4-11-33(26)40-2/h3-5,8-15,18,28,32,36H,6-7,16-17,19-22H2,1-2H3/t28-,32-/m1/s1. The number of carbonyl (C=O) groups is 2. The Bertz CT molecular complexity index is 1440. The average Bonchev–Trinajstić information content (AvgIpc) is 2.99. The van der Waals surface area contributed by atoms with Gasteiger partial charge in [0.25, 0.3) is 0 Å². The number of methoxy groups -OCH3 is 1. The molecule has 1 saturated heterocycles. The zero-order chi connectivity index (χ0) is 29.5. The van der Waals surface area contributed by atoms with Gasteiger partial charge in [-0.2, -0.15) is 0 Å². The quantitative estimate of drug-likeness (QED) is 0.258. The SMILES string of the molecule is COc1ccccc1CC(=O)OCC1=C(c2ccc(CCCOc3cccc(F)c3)cc2)C[C@@H]2CN(C(C)=O)C[C@H]1N2. The summed E-state index contributed by atoms with van der Waals surface area (Å²) in [6, 6.07) is 22.1. The molecule has 0 saturated carbocycles. The minimum absolute atomic E-state index is 0.0493. The van der Waals surface area contributed by atoms with Crippen molar-refractivity contribution in [3.8, 4) is 11.5 Å². The van der Waals surface area contributed by atoms with Crippen LogP contribution >= 0.6 is 0 Å². The van der Waals surface area contributed by atoms with Crippen molar-refractivity contribution >= 4 is 17.4 Å². The van der Waals surface area contributed by atoms with E-state index < -0.39 is 0 Å². The van der Waals surface area contributed by atoms with Crippen molar-refractivity contribution < 1.29 is 28.2 Å². The maximum atomic E-state index is 13.4. The van der Waals surface area contributed by atoms with Crippen molar-refractivity contribution in [2.45, 2.75) is 44.7 Å². The van der Waals surface area contributed by atoms with Gasteiger partial charge in [0.15, 0.2) is 0 Å². The van der Waals surface area contributed by atoms with Crippen LogP contribution in [0, 0.1) is 5.82 Å². The highest BCUT2D eigenvalue weighted by Gasteiger charge is 2.36. The minimum atomic E-state index is -0.330. The van der Waals surface area contributed by atoms with Gasteiger partial charge in [0.05, 0.1) is 26.2 Å². The van der Waals surface area contributed by atoms with Gasteiger partial charge in [-0.1, -0.05) is 48.5 Å². The van der Waals surface area contributed by atoms with Gasteiger partial charge in [-0.15, -0.1) is 0 Å². The van der Waals surface area contributed by atoms with E-state index in [2.05, 4.69) is 29.6 Å². The fraction of sp³-hybridized carbons (Fsp3) is 0.353. The van der Waals surface area contributed by atoms with Crippen LogP contribution < -0.4 is 14.8 Å². The fourth-order valence-corrected chi connectivity index (χ4v) is 5.73. The molecule has 42 heavy (non-hydrogen) atoms. The number of ether oxygens (including phenoxy) is 3. The highest BCUT2D eigenvalue weighted by Crippen LogP contribution is 2.33. The number of benzene rings is 3. The molecule has 7 nitrogen and oxygen atoms in total. The van der Waals surface area contributed by atoms with Gasteiger partial charge in [0.2, 0.25) is 5.91 Å². The van der Waals surface area contributed by atoms with E-state index in [1.165, 1.54) is 17.7 Å². The Kier molecular flexibility index (Phi) is 9.54. The molecule has 8 heteroatoms. The van der Waals surface area contributed by atoms with Crippen LogP contribution in [0.25, 0.3) is 5.57 Å². The number of hydrogen-bond acceptors (Lipinski definition) is 6. The minimum Gasteiger partial charge on any atom is -0.496 e. The summed E-state index contributed by atoms with van der Waals surface area (Å²) in [6.07, 6.45) is 2.49. The van der Waals surface area contributed by atoms with Gasteiger partial charge in [0, 0.05) is 37.7 Å². The number of halogens is 1. The van der Waals surface area contributed by atoms with Gasteiger partial charge in [-0.25, -0.2) is 4.39 Å². The maximum Gasteiger partial charge on any atom is 0.310 e. The summed E-state index contributed by atoms with van der Waals surface area (Å²) in [7, 11) is 1.58. The van der Waals surface area contributed by atoms with Crippen LogP contribution in [0.4, 0.5) is 4.39 Å². The van der Waals surface area contributed by atoms with Crippen LogP contribution in [0.3, 0.4) is 0 Å². The first-order chi connectivity index (χ1) is 20.4. The Morgan fingerprint density at radius 3 is 2.60 bits per heavy atom. The highest BCUT2D eigenvalue weighted by molar-refractivity contribution is 5.77. The number of rotatable bonds is 11. The molecule has 3 aromatic rings. The Morgan fingerprint density at radius 1 is 1.02 bits per heavy atom. The first-order valence-electron chi connectivity index (χ1n) is 14.4. The largest absolute Gasteiger partial charge is 0.496 e. The first kappa shape index (κ1) is 29.3. The van der Waals surface area contributed by atoms with Crippen LogP contribution in [0.2, 0.25) is 0 Å². The van der Waals surface area contributed by atoms with Crippen LogP contribution in [0.15, 0.2) is 78.4 Å². The zero-order valence-corrected chi connectivity index (χ0v) is 24.1. The number of hydrogen-bond donors (Lipinski definition) is 1. The average molecular weight is 573 g/mol. The van der Waals surface area contributed by atoms with E-state index in [1.54, 1.807) is 26.2 Å². The molecule has 2 bridgehead atoms. The van der Waals surface area contributed by atoms with Gasteiger partial charge in [-0.05, 0) is 59.7 Å². The van der Waals surface area contributed by atoms with E-state index in [0.717, 1.165) is 41.5 Å². The summed E-state index contributed by atoms with van der Waals surface area (Å²) < 4.78 is 30.2. The van der Waals surface area contributed by atoms with E-state index in [1.807, 2.05) is 29.2 Å². The zero-order valence-electron chi connectivity index (χ0n) is 24.1. The molecular formula is C34H37FN2O5. The van der Waals surface area contributed by atoms with Gasteiger partial charge >= 0.3 is 5.97 Å². The molecule has 1 fully saturated rings. The molecule has 0 radical (unpaired) electrons. The molecule has 2 aliphatic heterocycles. The van der Waals surface area contributed by atoms with Crippen LogP contribution in [-0.4, -0.2) is 62.3 Å². The Hall–Kier alpha value is -4.17. The van der Waals surface area contributed by atoms with Crippen molar-refractivity contribution in [3.05, 3.63) is 101 Å². The molecule has 1 N–H and O–H groups in total. The lowest BCUT2D eigenvalue weighted by Gasteiger charge is -2.44. The number of fused-ring (bicyclic) bond motifs is 2. The van der Waals surface area contributed by atoms with Crippen molar-refractivity contribution in [2.75, 3.05) is 33.4 Å². The van der Waals surface area contributed by atoms with Crippen LogP contribution in [0.1, 0.15) is 36.5 Å². The smallest absolute Gasteiger partial charge is 0.310 e. The topological polar surface area (TPSA) is 77.1 Å². The van der Waals surface area contributed by atoms with Crippen molar-refractivity contribution in [1.29, 1.82) is 0 Å². The summed E-state index contributed by atoms with van der Waals surface area (Å²) in [6.45, 7) is 3.44. The monoisotopic (exact) mass is 572 g/mol. The van der Waals surface area contributed by atoms with E-state index >= 15 is 0 Å². The number of nitrogens with zero attached hydrogens (tertiary/aromatic N) is 1. The molecule has 0 unspecified atom stereocenters. The number of piperazine rings is 1. The Balaban J connectivity index is 1.27. The summed E-state index contributed by atoms with van der Waals surface area (Å²) in [5, 5.41) is 3.64. The van der Waals surface area contributed by atoms with Crippen molar-refractivity contribution in [2.24, 2.45) is 0 Å². The number of amides is 1. The summed E-state index contributed by atoms with van der Waals surface area (Å²) >= 11 is 0. The molecule has 2 aliphatic rings. The second-order valence-corrected chi connectivity index (χ2v) is 10.8. The second-order valence-electron chi connectivity index (χ2n) is 10.8. The number of nitrogens with one attached hydrogen (secondary N) is 1. The fourth-order valence-electron chi connectivity index (χ4n) is 5.73. The molecule has 0 spiro atoms. The molecular weight excluding hydrogens is 535 g/mol. The van der Waals surface area contributed by atoms with E-state index in [9.17, 15) is 14.0 Å². The summed E-state index contributed by atoms with van der Waals surface area (Å²) in [5.41, 5.74) is 5.22. The third-order valence-electron chi connectivity index (χ3n) is 7.88. The van der Waals surface area contributed by atoms with Crippen LogP contribution in [-0.2, 0) is 27.2 Å². The number of aryl methyl sites for hydroxylation is 1. The van der Waals surface area contributed by atoms with Crippen molar-refractivity contribution in [1.82, 2.24) is 10.2 Å². The Labute approximate surface area is 246 Å². The maximum absolute atomic E-state index is 13.4. The lowest BCUT2D eigenvalue weighted by Crippen LogP contribution is -2.60. The lowest BCUT2D eigenvalue weighted by atomic mass is 9.83. The van der Waals surface area contributed by atoms with Gasteiger partial charge < -0.3 is 24.4 Å². The first-order valence-corrected chi connectivity index (χ1v) is 14.4. The van der Waals surface area contributed by atoms with E-state index in [0.29, 0.717) is 31.2 Å². The van der Waals surface area contributed by atoms with E-state index in [4.69, 9.17) is 14.2 Å². The molecule has 1 amide bonds. The third kappa shape index (κ3) is 7.36. The molecule has 5 rings (SSSR count). The highest BCUT2D eigenvalue weighted by atomic mass is 19.1. The van der Waals surface area contributed by atoms with Crippen LogP contribution in [0.5, 0.6) is 11.5 Å². The van der Waals surface area contributed by atoms with E-state index in [-0.39, 0.29) is 42.8 Å². The van der Waals surface area contributed by atoms with Gasteiger partial charge in [-0.3, -0.25) is 9.59 Å². The molecule has 3 aromatic carbocycles. The molecule has 220 valence electrons. The summed E-state index contributed by atoms with van der Waals surface area (Å²) in [5.74, 6) is 0.602. The molecule has 2 heterocycles.